The van der Waals surface area contributed by atoms with Crippen molar-refractivity contribution in [3.8, 4) is 0 Å². The molecule has 1 heterocycles. The van der Waals surface area contributed by atoms with Crippen LogP contribution in [0.2, 0.25) is 0 Å². The van der Waals surface area contributed by atoms with Gasteiger partial charge in [0.2, 0.25) is 16.9 Å². The van der Waals surface area contributed by atoms with Crippen molar-refractivity contribution in [3.05, 3.63) is 5.01 Å². The van der Waals surface area contributed by atoms with Crippen molar-refractivity contribution < 1.29 is 9.59 Å². The van der Waals surface area contributed by atoms with E-state index in [2.05, 4.69) is 27.8 Å². The third-order valence-corrected chi connectivity index (χ3v) is 4.85. The number of nitrogens with one attached hydrogen (secondary N) is 2. The zero-order valence-corrected chi connectivity index (χ0v) is 14.0. The van der Waals surface area contributed by atoms with E-state index in [-0.39, 0.29) is 17.7 Å². The SMILES string of the molecule is CCCCc1nnc(NC(=O)C(NC(C)=O)C2CCCC2)s1. The molecule has 0 bridgehead atoms. The molecule has 1 fully saturated rings. The summed E-state index contributed by atoms with van der Waals surface area (Å²) in [4.78, 5) is 23.8. The van der Waals surface area contributed by atoms with Crippen molar-refractivity contribution in [2.24, 2.45) is 5.92 Å². The summed E-state index contributed by atoms with van der Waals surface area (Å²) in [5.41, 5.74) is 0. The van der Waals surface area contributed by atoms with E-state index in [0.717, 1.165) is 50.0 Å². The third kappa shape index (κ3) is 4.76. The van der Waals surface area contributed by atoms with Gasteiger partial charge in [-0.05, 0) is 25.2 Å². The Labute approximate surface area is 135 Å². The largest absolute Gasteiger partial charge is 0.344 e. The highest BCUT2D eigenvalue weighted by Gasteiger charge is 2.31. The van der Waals surface area contributed by atoms with Gasteiger partial charge in [0.25, 0.3) is 0 Å². The number of aromatic nitrogens is 2. The van der Waals surface area contributed by atoms with E-state index in [0.29, 0.717) is 5.13 Å². The van der Waals surface area contributed by atoms with Crippen LogP contribution < -0.4 is 10.6 Å². The fourth-order valence-corrected chi connectivity index (χ4v) is 3.61. The maximum Gasteiger partial charge on any atom is 0.249 e. The van der Waals surface area contributed by atoms with Gasteiger partial charge in [0.05, 0.1) is 0 Å². The molecule has 1 atom stereocenters. The number of carbonyl (C=O) groups excluding carboxylic acids is 2. The maximum absolute atomic E-state index is 12.5. The highest BCUT2D eigenvalue weighted by molar-refractivity contribution is 7.15. The van der Waals surface area contributed by atoms with E-state index in [4.69, 9.17) is 0 Å². The lowest BCUT2D eigenvalue weighted by Crippen LogP contribution is -2.47. The van der Waals surface area contributed by atoms with Gasteiger partial charge in [0.15, 0.2) is 0 Å². The molecule has 7 heteroatoms. The Hall–Kier alpha value is -1.50. The first kappa shape index (κ1) is 16.9. The molecule has 1 aromatic rings. The summed E-state index contributed by atoms with van der Waals surface area (Å²) in [5, 5.41) is 15.2. The van der Waals surface area contributed by atoms with Gasteiger partial charge in [-0.15, -0.1) is 10.2 Å². The van der Waals surface area contributed by atoms with Gasteiger partial charge >= 0.3 is 0 Å². The number of nitrogens with zero attached hydrogens (tertiary/aromatic N) is 2. The number of aryl methyl sites for hydroxylation is 1. The van der Waals surface area contributed by atoms with Gasteiger partial charge in [-0.25, -0.2) is 0 Å². The number of amides is 2. The number of carbonyl (C=O) groups is 2. The maximum atomic E-state index is 12.5. The molecule has 0 aromatic carbocycles. The number of hydrogen-bond acceptors (Lipinski definition) is 5. The zero-order valence-electron chi connectivity index (χ0n) is 13.2. The third-order valence-electron chi connectivity index (χ3n) is 3.95. The summed E-state index contributed by atoms with van der Waals surface area (Å²) in [6.07, 6.45) is 7.27. The molecule has 1 aliphatic carbocycles. The topological polar surface area (TPSA) is 84.0 Å². The van der Waals surface area contributed by atoms with Crippen molar-refractivity contribution in [1.82, 2.24) is 15.5 Å². The van der Waals surface area contributed by atoms with Crippen molar-refractivity contribution in [2.45, 2.75) is 64.8 Å². The Morgan fingerprint density at radius 3 is 2.68 bits per heavy atom. The highest BCUT2D eigenvalue weighted by Crippen LogP contribution is 2.28. The van der Waals surface area contributed by atoms with Crippen molar-refractivity contribution in [2.75, 3.05) is 5.32 Å². The second-order valence-corrected chi connectivity index (χ2v) is 6.88. The van der Waals surface area contributed by atoms with Crippen LogP contribution in [0.4, 0.5) is 5.13 Å². The molecule has 1 aliphatic rings. The van der Waals surface area contributed by atoms with E-state index in [1.54, 1.807) is 0 Å². The summed E-state index contributed by atoms with van der Waals surface area (Å²) >= 11 is 1.41. The molecule has 1 unspecified atom stereocenters. The predicted octanol–water partition coefficient (Wildman–Crippen LogP) is 2.51. The summed E-state index contributed by atoms with van der Waals surface area (Å²) in [6, 6.07) is -0.469. The molecule has 0 saturated heterocycles. The first-order chi connectivity index (χ1) is 10.6. The fourth-order valence-electron chi connectivity index (χ4n) is 2.82. The number of anilines is 1. The van der Waals surface area contributed by atoms with Crippen LogP contribution in [0.15, 0.2) is 0 Å². The molecule has 0 radical (unpaired) electrons. The molecule has 0 spiro atoms. The lowest BCUT2D eigenvalue weighted by atomic mass is 9.97. The summed E-state index contributed by atoms with van der Waals surface area (Å²) in [7, 11) is 0. The van der Waals surface area contributed by atoms with Crippen LogP contribution in [0.5, 0.6) is 0 Å². The van der Waals surface area contributed by atoms with Gasteiger partial charge in [0, 0.05) is 13.3 Å². The normalized spacial score (nSPS) is 16.5. The summed E-state index contributed by atoms with van der Waals surface area (Å²) in [5.74, 6) is -0.135. The standard InChI is InChI=1S/C15H24N4O2S/c1-3-4-9-12-18-19-15(22-12)17-14(21)13(16-10(2)20)11-7-5-6-8-11/h11,13H,3-9H2,1-2H3,(H,16,20)(H,17,19,21). The first-order valence-electron chi connectivity index (χ1n) is 8.00. The summed E-state index contributed by atoms with van der Waals surface area (Å²) in [6.45, 7) is 3.58. The number of unbranched alkanes of at least 4 members (excludes halogenated alkanes) is 1. The Morgan fingerprint density at radius 1 is 1.32 bits per heavy atom. The molecule has 22 heavy (non-hydrogen) atoms. The molecule has 1 saturated carbocycles. The molecular formula is C15H24N4O2S. The quantitative estimate of drug-likeness (QED) is 0.807. The van der Waals surface area contributed by atoms with Crippen molar-refractivity contribution in [3.63, 3.8) is 0 Å². The summed E-state index contributed by atoms with van der Waals surface area (Å²) < 4.78 is 0. The van der Waals surface area contributed by atoms with E-state index in [1.807, 2.05) is 0 Å². The highest BCUT2D eigenvalue weighted by atomic mass is 32.1. The van der Waals surface area contributed by atoms with Crippen molar-refractivity contribution in [1.29, 1.82) is 0 Å². The van der Waals surface area contributed by atoms with Gasteiger partial charge in [-0.3, -0.25) is 14.9 Å². The molecule has 2 rings (SSSR count). The first-order valence-corrected chi connectivity index (χ1v) is 8.82. The Morgan fingerprint density at radius 2 is 2.05 bits per heavy atom. The molecule has 122 valence electrons. The van der Waals surface area contributed by atoms with E-state index < -0.39 is 6.04 Å². The molecular weight excluding hydrogens is 300 g/mol. The van der Waals surface area contributed by atoms with Crippen LogP contribution in [0, 0.1) is 5.92 Å². The smallest absolute Gasteiger partial charge is 0.249 e. The average Bonchev–Trinajstić information content (AvgIpc) is 3.14. The lowest BCUT2D eigenvalue weighted by Gasteiger charge is -2.22. The predicted molar refractivity (Wildman–Crippen MR) is 86.7 cm³/mol. The van der Waals surface area contributed by atoms with Gasteiger partial charge < -0.3 is 5.32 Å². The molecule has 2 amide bonds. The van der Waals surface area contributed by atoms with Crippen LogP contribution >= 0.6 is 11.3 Å². The van der Waals surface area contributed by atoms with Gasteiger partial charge in [0.1, 0.15) is 11.0 Å². The van der Waals surface area contributed by atoms with Gasteiger partial charge in [-0.1, -0.05) is 37.5 Å². The monoisotopic (exact) mass is 324 g/mol. The fraction of sp³-hybridized carbons (Fsp3) is 0.733. The number of rotatable bonds is 7. The molecule has 0 aliphatic heterocycles. The van der Waals surface area contributed by atoms with Crippen LogP contribution in [0.25, 0.3) is 0 Å². The second-order valence-electron chi connectivity index (χ2n) is 5.82. The second kappa shape index (κ2) is 8.22. The Kier molecular flexibility index (Phi) is 6.30. The van der Waals surface area contributed by atoms with Crippen LogP contribution in [-0.2, 0) is 16.0 Å². The molecule has 6 nitrogen and oxygen atoms in total. The number of hydrogen-bond donors (Lipinski definition) is 2. The lowest BCUT2D eigenvalue weighted by molar-refractivity contribution is -0.126. The van der Waals surface area contributed by atoms with Crippen LogP contribution in [0.1, 0.15) is 57.4 Å². The minimum Gasteiger partial charge on any atom is -0.344 e. The average molecular weight is 324 g/mol. The van der Waals surface area contributed by atoms with E-state index in [1.165, 1.54) is 18.3 Å². The van der Waals surface area contributed by atoms with E-state index in [9.17, 15) is 9.59 Å². The molecule has 1 aromatic heterocycles. The minimum atomic E-state index is -0.469. The van der Waals surface area contributed by atoms with Crippen LogP contribution in [0.3, 0.4) is 0 Å². The minimum absolute atomic E-state index is 0.173. The van der Waals surface area contributed by atoms with Gasteiger partial charge in [-0.2, -0.15) is 0 Å². The molecule has 2 N–H and O–H groups in total. The Balaban J connectivity index is 1.97. The zero-order chi connectivity index (χ0) is 15.9. The van der Waals surface area contributed by atoms with Crippen LogP contribution in [-0.4, -0.2) is 28.1 Å². The van der Waals surface area contributed by atoms with E-state index >= 15 is 0 Å². The van der Waals surface area contributed by atoms with Crippen molar-refractivity contribution >= 4 is 28.3 Å². The Bertz CT molecular complexity index is 511.